The number of hydrogen-bond acceptors (Lipinski definition) is 3. The molecule has 0 spiro atoms. The van der Waals surface area contributed by atoms with Gasteiger partial charge in [0.25, 0.3) is 0 Å². The summed E-state index contributed by atoms with van der Waals surface area (Å²) >= 11 is 0. The highest BCUT2D eigenvalue weighted by Crippen LogP contribution is 2.33. The lowest BCUT2D eigenvalue weighted by molar-refractivity contribution is -0.137. The monoisotopic (exact) mass is 392 g/mol. The summed E-state index contributed by atoms with van der Waals surface area (Å²) in [5.74, 6) is -0.776. The van der Waals surface area contributed by atoms with Crippen LogP contribution in [0.15, 0.2) is 54.6 Å². The largest absolute Gasteiger partial charge is 0.497 e. The van der Waals surface area contributed by atoms with E-state index in [0.717, 1.165) is 34.0 Å². The normalized spacial score (nSPS) is 11.8. The van der Waals surface area contributed by atoms with Crippen LogP contribution in [0.2, 0.25) is 0 Å². The maximum Gasteiger partial charge on any atom is 0.304 e. The minimum absolute atomic E-state index is 0.0183. The Bertz CT molecular complexity index is 1050. The van der Waals surface area contributed by atoms with Crippen LogP contribution in [0.5, 0.6) is 5.75 Å². The van der Waals surface area contributed by atoms with Crippen LogP contribution in [0.3, 0.4) is 0 Å². The number of benzene rings is 2. The first-order valence-corrected chi connectivity index (χ1v) is 9.30. The van der Waals surface area contributed by atoms with Crippen molar-refractivity contribution in [3.05, 3.63) is 71.4 Å². The molecule has 1 aromatic heterocycles. The molecule has 0 bridgehead atoms. The second-order valence-corrected chi connectivity index (χ2v) is 7.07. The first kappa shape index (κ1) is 20.2. The van der Waals surface area contributed by atoms with Crippen molar-refractivity contribution in [2.24, 2.45) is 5.73 Å². The summed E-state index contributed by atoms with van der Waals surface area (Å²) in [6.45, 7) is 3.80. The van der Waals surface area contributed by atoms with E-state index in [9.17, 15) is 14.7 Å². The maximum atomic E-state index is 11.5. The second kappa shape index (κ2) is 8.22. The zero-order valence-corrected chi connectivity index (χ0v) is 16.7. The fourth-order valence-electron chi connectivity index (χ4n) is 3.52. The molecule has 1 heterocycles. The van der Waals surface area contributed by atoms with Crippen molar-refractivity contribution < 1.29 is 19.4 Å². The summed E-state index contributed by atoms with van der Waals surface area (Å²) in [5.41, 5.74) is 10.4. The molecule has 150 valence electrons. The van der Waals surface area contributed by atoms with Crippen molar-refractivity contribution in [2.75, 3.05) is 7.11 Å². The molecule has 1 amide bonds. The molecule has 0 fully saturated rings. The van der Waals surface area contributed by atoms with Gasteiger partial charge in [-0.05, 0) is 72.6 Å². The highest BCUT2D eigenvalue weighted by atomic mass is 16.5. The first-order chi connectivity index (χ1) is 13.8. The number of carbonyl (C=O) groups is 2. The molecule has 0 saturated heterocycles. The third kappa shape index (κ3) is 4.16. The van der Waals surface area contributed by atoms with Crippen LogP contribution >= 0.6 is 0 Å². The van der Waals surface area contributed by atoms with Crippen molar-refractivity contribution in [3.8, 4) is 22.7 Å². The number of ether oxygens (including phenoxy) is 1. The maximum absolute atomic E-state index is 11.5. The zero-order chi connectivity index (χ0) is 21.1. The Hall–Kier alpha value is -3.54. The summed E-state index contributed by atoms with van der Waals surface area (Å²) in [5, 5.41) is 9.27. The van der Waals surface area contributed by atoms with Crippen LogP contribution in [0.4, 0.5) is 0 Å². The summed E-state index contributed by atoms with van der Waals surface area (Å²) in [7, 11) is 1.62. The molecule has 29 heavy (non-hydrogen) atoms. The van der Waals surface area contributed by atoms with Gasteiger partial charge in [-0.1, -0.05) is 6.92 Å². The van der Waals surface area contributed by atoms with Gasteiger partial charge in [0.1, 0.15) is 5.75 Å². The van der Waals surface area contributed by atoms with Crippen LogP contribution in [0, 0.1) is 6.92 Å². The van der Waals surface area contributed by atoms with Gasteiger partial charge in [0.15, 0.2) is 0 Å². The number of aryl methyl sites for hydroxylation is 1. The van der Waals surface area contributed by atoms with Gasteiger partial charge in [0, 0.05) is 22.9 Å². The fraction of sp³-hybridized carbons (Fsp3) is 0.217. The molecule has 3 rings (SSSR count). The summed E-state index contributed by atoms with van der Waals surface area (Å²) < 4.78 is 7.30. The van der Waals surface area contributed by atoms with Crippen molar-refractivity contribution in [1.82, 2.24) is 4.57 Å². The molecule has 0 aliphatic rings. The van der Waals surface area contributed by atoms with Crippen LogP contribution in [-0.2, 0) is 4.79 Å². The molecule has 1 atom stereocenters. The molecular weight excluding hydrogens is 368 g/mol. The Morgan fingerprint density at radius 3 is 2.34 bits per heavy atom. The number of rotatable bonds is 7. The molecule has 0 radical (unpaired) electrons. The minimum Gasteiger partial charge on any atom is -0.497 e. The van der Waals surface area contributed by atoms with E-state index in [2.05, 4.69) is 4.57 Å². The van der Waals surface area contributed by atoms with Gasteiger partial charge < -0.3 is 20.1 Å². The number of amides is 1. The van der Waals surface area contributed by atoms with E-state index in [1.807, 2.05) is 56.3 Å². The molecule has 6 nitrogen and oxygen atoms in total. The lowest BCUT2D eigenvalue weighted by Gasteiger charge is -2.20. The summed E-state index contributed by atoms with van der Waals surface area (Å²) in [4.78, 5) is 22.8. The van der Waals surface area contributed by atoms with Crippen LogP contribution in [0.1, 0.15) is 40.9 Å². The van der Waals surface area contributed by atoms with Crippen LogP contribution in [0.25, 0.3) is 16.9 Å². The van der Waals surface area contributed by atoms with Crippen LogP contribution < -0.4 is 10.5 Å². The van der Waals surface area contributed by atoms with Crippen LogP contribution in [-0.4, -0.2) is 28.7 Å². The third-order valence-corrected chi connectivity index (χ3v) is 5.00. The van der Waals surface area contributed by atoms with Gasteiger partial charge in [-0.25, -0.2) is 0 Å². The van der Waals surface area contributed by atoms with E-state index in [0.29, 0.717) is 5.56 Å². The van der Waals surface area contributed by atoms with Crippen molar-refractivity contribution in [2.45, 2.75) is 26.2 Å². The number of nitrogens with two attached hydrogens (primary N) is 1. The summed E-state index contributed by atoms with van der Waals surface area (Å²) in [6.07, 6.45) is 0.0183. The highest BCUT2D eigenvalue weighted by Gasteiger charge is 2.20. The van der Waals surface area contributed by atoms with Gasteiger partial charge in [-0.15, -0.1) is 0 Å². The van der Waals surface area contributed by atoms with Gasteiger partial charge in [-0.3, -0.25) is 9.59 Å². The number of aliphatic carboxylic acids is 1. The zero-order valence-electron chi connectivity index (χ0n) is 16.7. The molecule has 1 unspecified atom stereocenters. The standard InChI is InChI=1S/C23H24N2O4/c1-14-12-17(23(24)28)6-9-19(14)25-20(15(2)13-22(26)27)10-11-21(25)16-4-7-18(29-3)8-5-16/h4-12,15H,13H2,1-3H3,(H2,24,28)(H,26,27). The van der Waals surface area contributed by atoms with Crippen molar-refractivity contribution in [1.29, 1.82) is 0 Å². The number of carboxylic acid groups (broad SMARTS) is 1. The molecule has 2 aromatic carbocycles. The molecule has 0 aliphatic heterocycles. The number of methoxy groups -OCH3 is 1. The van der Waals surface area contributed by atoms with E-state index in [4.69, 9.17) is 10.5 Å². The Kier molecular flexibility index (Phi) is 5.73. The Morgan fingerprint density at radius 2 is 1.79 bits per heavy atom. The van der Waals surface area contributed by atoms with E-state index >= 15 is 0 Å². The molecule has 0 saturated carbocycles. The SMILES string of the molecule is COc1ccc(-c2ccc(C(C)CC(=O)O)n2-c2ccc(C(N)=O)cc2C)cc1. The topological polar surface area (TPSA) is 94.6 Å². The number of carboxylic acids is 1. The lowest BCUT2D eigenvalue weighted by atomic mass is 10.0. The number of nitrogens with zero attached hydrogens (tertiary/aromatic N) is 1. The van der Waals surface area contributed by atoms with Crippen molar-refractivity contribution in [3.63, 3.8) is 0 Å². The number of carbonyl (C=O) groups excluding carboxylic acids is 1. The highest BCUT2D eigenvalue weighted by molar-refractivity contribution is 5.93. The predicted molar refractivity (Wildman–Crippen MR) is 112 cm³/mol. The second-order valence-electron chi connectivity index (χ2n) is 7.07. The summed E-state index contributed by atoms with van der Waals surface area (Å²) in [6, 6.07) is 16.9. The molecule has 3 N–H and O–H groups in total. The number of primary amides is 1. The average Bonchev–Trinajstić information content (AvgIpc) is 3.12. The average molecular weight is 392 g/mol. The lowest BCUT2D eigenvalue weighted by Crippen LogP contribution is -2.13. The minimum atomic E-state index is -0.850. The molecule has 0 aliphatic carbocycles. The van der Waals surface area contributed by atoms with Gasteiger partial charge in [0.05, 0.1) is 19.2 Å². The number of aromatic nitrogens is 1. The van der Waals surface area contributed by atoms with E-state index < -0.39 is 11.9 Å². The molecular formula is C23H24N2O4. The van der Waals surface area contributed by atoms with Gasteiger partial charge >= 0.3 is 5.97 Å². The van der Waals surface area contributed by atoms with Gasteiger partial charge in [-0.2, -0.15) is 0 Å². The van der Waals surface area contributed by atoms with E-state index in [1.54, 1.807) is 19.2 Å². The Labute approximate surface area is 169 Å². The third-order valence-electron chi connectivity index (χ3n) is 5.00. The Balaban J connectivity index is 2.19. The van der Waals surface area contributed by atoms with Gasteiger partial charge in [0.2, 0.25) is 5.91 Å². The quantitative estimate of drug-likeness (QED) is 0.632. The van der Waals surface area contributed by atoms with E-state index in [1.165, 1.54) is 0 Å². The van der Waals surface area contributed by atoms with E-state index in [-0.39, 0.29) is 12.3 Å². The molecule has 3 aromatic rings. The predicted octanol–water partition coefficient (Wildman–Crippen LogP) is 4.14. The fourth-order valence-corrected chi connectivity index (χ4v) is 3.52. The molecule has 6 heteroatoms. The number of hydrogen-bond donors (Lipinski definition) is 2. The Morgan fingerprint density at radius 1 is 1.10 bits per heavy atom. The smallest absolute Gasteiger partial charge is 0.304 e. The first-order valence-electron chi connectivity index (χ1n) is 9.30. The van der Waals surface area contributed by atoms with Crippen molar-refractivity contribution >= 4 is 11.9 Å².